The summed E-state index contributed by atoms with van der Waals surface area (Å²) < 4.78 is 0. The van der Waals surface area contributed by atoms with E-state index in [0.717, 1.165) is 12.8 Å². The highest BCUT2D eigenvalue weighted by atomic mass is 32.1. The largest absolute Gasteiger partial charge is 0.392 e. The molecule has 0 aliphatic carbocycles. The second kappa shape index (κ2) is 7.10. The number of hydrogen-bond donors (Lipinski definition) is 1. The quantitative estimate of drug-likeness (QED) is 0.614. The number of aliphatic hydroxyl groups is 1. The molecule has 5 heteroatoms. The van der Waals surface area contributed by atoms with Crippen LogP contribution in [-0.2, 0) is 9.59 Å². The SMILES string of the molecule is CCCC(O)C1C(=O)CN(C(=S)C(C)CC)CC1=O. The van der Waals surface area contributed by atoms with Crippen LogP contribution in [0.2, 0.25) is 0 Å². The summed E-state index contributed by atoms with van der Waals surface area (Å²) >= 11 is 5.32. The van der Waals surface area contributed by atoms with Crippen LogP contribution in [0.4, 0.5) is 0 Å². The summed E-state index contributed by atoms with van der Waals surface area (Å²) in [5.74, 6) is -1.07. The molecule has 1 saturated heterocycles. The highest BCUT2D eigenvalue weighted by Gasteiger charge is 2.39. The molecule has 0 bridgehead atoms. The fraction of sp³-hybridized carbons (Fsp3) is 0.786. The Morgan fingerprint density at radius 3 is 2.32 bits per heavy atom. The fourth-order valence-electron chi connectivity index (χ4n) is 2.34. The van der Waals surface area contributed by atoms with Gasteiger partial charge in [-0.2, -0.15) is 0 Å². The minimum absolute atomic E-state index is 0.153. The molecule has 0 aromatic rings. The lowest BCUT2D eigenvalue weighted by atomic mass is 9.86. The maximum Gasteiger partial charge on any atom is 0.165 e. The molecule has 0 aromatic carbocycles. The van der Waals surface area contributed by atoms with E-state index in [9.17, 15) is 14.7 Å². The van der Waals surface area contributed by atoms with Crippen LogP contribution in [0.5, 0.6) is 0 Å². The van der Waals surface area contributed by atoms with E-state index in [2.05, 4.69) is 0 Å². The molecule has 2 unspecified atom stereocenters. The van der Waals surface area contributed by atoms with Crippen LogP contribution in [0.3, 0.4) is 0 Å². The second-order valence-corrected chi connectivity index (χ2v) is 5.69. The summed E-state index contributed by atoms with van der Waals surface area (Å²) in [6, 6.07) is 0. The van der Waals surface area contributed by atoms with Gasteiger partial charge in [-0.15, -0.1) is 0 Å². The first kappa shape index (κ1) is 16.2. The van der Waals surface area contributed by atoms with Crippen molar-refractivity contribution in [2.24, 2.45) is 11.8 Å². The molecule has 1 aliphatic rings. The maximum atomic E-state index is 12.1. The number of ketones is 2. The second-order valence-electron chi connectivity index (χ2n) is 5.27. The van der Waals surface area contributed by atoms with E-state index in [4.69, 9.17) is 12.2 Å². The molecule has 108 valence electrons. The predicted molar refractivity (Wildman–Crippen MR) is 78.0 cm³/mol. The zero-order valence-corrected chi connectivity index (χ0v) is 12.7. The van der Waals surface area contributed by atoms with Crippen molar-refractivity contribution in [2.45, 2.75) is 46.1 Å². The first-order chi connectivity index (χ1) is 8.92. The van der Waals surface area contributed by atoms with E-state index in [-0.39, 0.29) is 30.6 Å². The van der Waals surface area contributed by atoms with Crippen LogP contribution >= 0.6 is 12.2 Å². The number of Topliss-reactive ketones (excluding diaryl/α,β-unsaturated/α-hetero) is 2. The van der Waals surface area contributed by atoms with E-state index < -0.39 is 12.0 Å². The number of carbonyl (C=O) groups excluding carboxylic acids is 2. The molecule has 0 spiro atoms. The lowest BCUT2D eigenvalue weighted by Crippen LogP contribution is -2.53. The molecule has 0 amide bonds. The Kier molecular flexibility index (Phi) is 6.07. The average Bonchev–Trinajstić information content (AvgIpc) is 2.36. The Morgan fingerprint density at radius 1 is 1.37 bits per heavy atom. The van der Waals surface area contributed by atoms with Gasteiger partial charge >= 0.3 is 0 Å². The van der Waals surface area contributed by atoms with E-state index in [1.807, 2.05) is 20.8 Å². The molecule has 4 nitrogen and oxygen atoms in total. The Bertz CT molecular complexity index is 352. The summed E-state index contributed by atoms with van der Waals surface area (Å²) in [7, 11) is 0. The van der Waals surface area contributed by atoms with Crippen LogP contribution in [0.1, 0.15) is 40.0 Å². The first-order valence-corrected chi connectivity index (χ1v) is 7.35. The molecule has 1 fully saturated rings. The van der Waals surface area contributed by atoms with Crippen molar-refractivity contribution in [1.82, 2.24) is 4.90 Å². The van der Waals surface area contributed by atoms with Crippen molar-refractivity contribution in [2.75, 3.05) is 13.1 Å². The zero-order valence-electron chi connectivity index (χ0n) is 11.9. The minimum Gasteiger partial charge on any atom is -0.392 e. The highest BCUT2D eigenvalue weighted by molar-refractivity contribution is 7.80. The number of piperidine rings is 1. The first-order valence-electron chi connectivity index (χ1n) is 6.94. The average molecular weight is 285 g/mol. The van der Waals surface area contributed by atoms with Gasteiger partial charge in [0.2, 0.25) is 0 Å². The van der Waals surface area contributed by atoms with Crippen molar-refractivity contribution in [1.29, 1.82) is 0 Å². The van der Waals surface area contributed by atoms with Crippen LogP contribution in [0.25, 0.3) is 0 Å². The number of likely N-dealkylation sites (tertiary alicyclic amines) is 1. The van der Waals surface area contributed by atoms with E-state index >= 15 is 0 Å². The lowest BCUT2D eigenvalue weighted by molar-refractivity contribution is -0.141. The van der Waals surface area contributed by atoms with Crippen molar-refractivity contribution in [3.8, 4) is 0 Å². The lowest BCUT2D eigenvalue weighted by Gasteiger charge is -2.35. The maximum absolute atomic E-state index is 12.1. The number of thiocarbonyl (C=S) groups is 1. The third-order valence-corrected chi connectivity index (χ3v) is 4.36. The topological polar surface area (TPSA) is 57.6 Å². The molecule has 1 heterocycles. The number of rotatable bonds is 5. The van der Waals surface area contributed by atoms with Crippen molar-refractivity contribution in [3.63, 3.8) is 0 Å². The molecule has 1 N–H and O–H groups in total. The predicted octanol–water partition coefficient (Wildman–Crippen LogP) is 1.59. The Balaban J connectivity index is 2.74. The standard InChI is InChI=1S/C14H23NO3S/c1-4-6-10(16)13-11(17)7-15(8-12(13)18)14(19)9(3)5-2/h9-10,13,16H,4-8H2,1-3H3. The van der Waals surface area contributed by atoms with E-state index in [0.29, 0.717) is 11.4 Å². The number of aliphatic hydroxyl groups excluding tert-OH is 1. The summed E-state index contributed by atoms with van der Waals surface area (Å²) in [5, 5.41) is 9.90. The Hall–Kier alpha value is -0.810. The summed E-state index contributed by atoms with van der Waals surface area (Å²) in [6.45, 7) is 6.25. The van der Waals surface area contributed by atoms with Crippen molar-refractivity contribution < 1.29 is 14.7 Å². The molecule has 1 rings (SSSR count). The van der Waals surface area contributed by atoms with Gasteiger partial charge in [-0.05, 0) is 12.8 Å². The fourth-order valence-corrected chi connectivity index (χ4v) is 2.64. The molecule has 0 saturated carbocycles. The van der Waals surface area contributed by atoms with Crippen molar-refractivity contribution in [3.05, 3.63) is 0 Å². The highest BCUT2D eigenvalue weighted by Crippen LogP contribution is 2.20. The van der Waals surface area contributed by atoms with Gasteiger partial charge in [0.05, 0.1) is 24.2 Å². The van der Waals surface area contributed by atoms with Gasteiger partial charge in [-0.1, -0.05) is 39.4 Å². The monoisotopic (exact) mass is 285 g/mol. The third-order valence-electron chi connectivity index (χ3n) is 3.70. The number of nitrogens with zero attached hydrogens (tertiary/aromatic N) is 1. The van der Waals surface area contributed by atoms with E-state index in [1.54, 1.807) is 4.90 Å². The van der Waals surface area contributed by atoms with Gasteiger partial charge in [-0.3, -0.25) is 9.59 Å². The third kappa shape index (κ3) is 3.83. The van der Waals surface area contributed by atoms with E-state index in [1.165, 1.54) is 0 Å². The summed E-state index contributed by atoms with van der Waals surface area (Å²) in [6.07, 6.45) is 1.29. The van der Waals surface area contributed by atoms with Crippen LogP contribution in [0.15, 0.2) is 0 Å². The van der Waals surface area contributed by atoms with Gasteiger partial charge in [0.1, 0.15) is 5.92 Å². The molecule has 19 heavy (non-hydrogen) atoms. The Morgan fingerprint density at radius 2 is 1.89 bits per heavy atom. The van der Waals surface area contributed by atoms with Gasteiger partial charge in [0.25, 0.3) is 0 Å². The summed E-state index contributed by atoms with van der Waals surface area (Å²) in [5.41, 5.74) is 0. The zero-order chi connectivity index (χ0) is 14.6. The summed E-state index contributed by atoms with van der Waals surface area (Å²) in [4.78, 5) is 26.5. The van der Waals surface area contributed by atoms with Crippen LogP contribution in [0, 0.1) is 11.8 Å². The molecular weight excluding hydrogens is 262 g/mol. The van der Waals surface area contributed by atoms with Gasteiger partial charge in [0.15, 0.2) is 11.6 Å². The minimum atomic E-state index is -0.851. The van der Waals surface area contributed by atoms with Gasteiger partial charge in [-0.25, -0.2) is 0 Å². The van der Waals surface area contributed by atoms with Crippen LogP contribution in [-0.4, -0.2) is 45.8 Å². The van der Waals surface area contributed by atoms with Crippen LogP contribution < -0.4 is 0 Å². The molecule has 2 atom stereocenters. The smallest absolute Gasteiger partial charge is 0.165 e. The number of hydrogen-bond acceptors (Lipinski definition) is 4. The molecule has 0 radical (unpaired) electrons. The number of carbonyl (C=O) groups is 2. The Labute approximate surface area is 120 Å². The van der Waals surface area contributed by atoms with Gasteiger partial charge in [0, 0.05) is 5.92 Å². The molecule has 0 aromatic heterocycles. The normalized spacial score (nSPS) is 20.5. The van der Waals surface area contributed by atoms with Crippen molar-refractivity contribution >= 4 is 28.8 Å². The molecule has 1 aliphatic heterocycles. The van der Waals surface area contributed by atoms with Gasteiger partial charge < -0.3 is 10.0 Å². The molecular formula is C14H23NO3S.